The number of hydrogen-bond acceptors (Lipinski definition) is 5. The molecular formula is C20H20N4O2S2. The average molecular weight is 413 g/mol. The van der Waals surface area contributed by atoms with E-state index in [1.807, 2.05) is 73.8 Å². The number of carbonyl (C=O) groups is 2. The van der Waals surface area contributed by atoms with Crippen molar-refractivity contribution in [1.82, 2.24) is 4.98 Å². The molecule has 3 N–H and O–H groups in total. The average Bonchev–Trinajstić information content (AvgIpc) is 3.08. The number of thiazole rings is 1. The number of carbonyl (C=O) groups excluding carboxylic acids is 2. The van der Waals surface area contributed by atoms with Crippen LogP contribution in [0.1, 0.15) is 12.6 Å². The second-order valence-electron chi connectivity index (χ2n) is 6.01. The molecule has 8 heteroatoms. The minimum absolute atomic E-state index is 0.0937. The second kappa shape index (κ2) is 9.38. The molecule has 1 unspecified atom stereocenters. The molecule has 0 spiro atoms. The molecule has 0 aliphatic carbocycles. The van der Waals surface area contributed by atoms with Crippen molar-refractivity contribution in [2.45, 2.75) is 24.0 Å². The highest BCUT2D eigenvalue weighted by Crippen LogP contribution is 2.26. The van der Waals surface area contributed by atoms with E-state index in [2.05, 4.69) is 20.9 Å². The van der Waals surface area contributed by atoms with Crippen LogP contribution in [0, 0.1) is 6.92 Å². The van der Waals surface area contributed by atoms with Crippen LogP contribution in [0.25, 0.3) is 0 Å². The number of nitrogens with zero attached hydrogens (tertiary/aromatic N) is 1. The molecule has 0 saturated carbocycles. The monoisotopic (exact) mass is 412 g/mol. The van der Waals surface area contributed by atoms with Gasteiger partial charge in [0.15, 0.2) is 5.13 Å². The first-order valence-corrected chi connectivity index (χ1v) is 10.4. The molecule has 0 saturated heterocycles. The highest BCUT2D eigenvalue weighted by Gasteiger charge is 2.16. The van der Waals surface area contributed by atoms with Gasteiger partial charge in [0.25, 0.3) is 0 Å². The Balaban J connectivity index is 1.50. The van der Waals surface area contributed by atoms with Crippen molar-refractivity contribution in [1.29, 1.82) is 0 Å². The molecule has 0 bridgehead atoms. The molecule has 1 heterocycles. The fraction of sp³-hybridized carbons (Fsp3) is 0.150. The van der Waals surface area contributed by atoms with E-state index in [4.69, 9.17) is 0 Å². The number of benzene rings is 2. The van der Waals surface area contributed by atoms with Gasteiger partial charge in [0.1, 0.15) is 0 Å². The van der Waals surface area contributed by atoms with Gasteiger partial charge in [-0.15, -0.1) is 23.1 Å². The molecular weight excluding hydrogens is 392 g/mol. The zero-order valence-corrected chi connectivity index (χ0v) is 17.1. The first-order valence-electron chi connectivity index (χ1n) is 8.62. The number of aryl methyl sites for hydroxylation is 1. The lowest BCUT2D eigenvalue weighted by Gasteiger charge is -2.11. The molecule has 1 aromatic heterocycles. The number of para-hydroxylation sites is 1. The Bertz CT molecular complexity index is 942. The fourth-order valence-electron chi connectivity index (χ4n) is 2.31. The summed E-state index contributed by atoms with van der Waals surface area (Å²) >= 11 is 2.86. The largest absolute Gasteiger partial charge is 0.323 e. The maximum atomic E-state index is 12.3. The number of hydrogen-bond donors (Lipinski definition) is 3. The molecule has 3 aromatic rings. The molecule has 0 aliphatic heterocycles. The third-order valence-electron chi connectivity index (χ3n) is 3.68. The summed E-state index contributed by atoms with van der Waals surface area (Å²) in [6.45, 7) is 3.74. The van der Waals surface area contributed by atoms with Gasteiger partial charge >= 0.3 is 6.03 Å². The van der Waals surface area contributed by atoms with Gasteiger partial charge in [-0.25, -0.2) is 9.78 Å². The summed E-state index contributed by atoms with van der Waals surface area (Å²) in [5.74, 6) is -0.0937. The Kier molecular flexibility index (Phi) is 6.67. The van der Waals surface area contributed by atoms with Crippen molar-refractivity contribution in [3.05, 3.63) is 65.7 Å². The molecule has 28 heavy (non-hydrogen) atoms. The Morgan fingerprint density at radius 3 is 2.21 bits per heavy atom. The van der Waals surface area contributed by atoms with E-state index in [-0.39, 0.29) is 17.2 Å². The Morgan fingerprint density at radius 1 is 0.964 bits per heavy atom. The van der Waals surface area contributed by atoms with Gasteiger partial charge in [-0.2, -0.15) is 0 Å². The van der Waals surface area contributed by atoms with Crippen molar-refractivity contribution < 1.29 is 9.59 Å². The Morgan fingerprint density at radius 2 is 1.61 bits per heavy atom. The van der Waals surface area contributed by atoms with Gasteiger partial charge < -0.3 is 16.0 Å². The van der Waals surface area contributed by atoms with E-state index in [1.54, 1.807) is 0 Å². The van der Waals surface area contributed by atoms with Crippen LogP contribution in [-0.2, 0) is 4.79 Å². The van der Waals surface area contributed by atoms with Gasteiger partial charge in [0.2, 0.25) is 5.91 Å². The smallest absolute Gasteiger partial charge is 0.308 e. The van der Waals surface area contributed by atoms with Gasteiger partial charge in [0, 0.05) is 21.7 Å². The lowest BCUT2D eigenvalue weighted by molar-refractivity contribution is -0.115. The topological polar surface area (TPSA) is 83.1 Å². The molecule has 3 amide bonds. The highest BCUT2D eigenvalue weighted by atomic mass is 32.2. The van der Waals surface area contributed by atoms with Crippen molar-refractivity contribution in [2.75, 3.05) is 16.0 Å². The van der Waals surface area contributed by atoms with Crippen LogP contribution < -0.4 is 16.0 Å². The van der Waals surface area contributed by atoms with Crippen LogP contribution in [0.15, 0.2) is 64.9 Å². The number of urea groups is 1. The summed E-state index contributed by atoms with van der Waals surface area (Å²) in [4.78, 5) is 29.5. The zero-order chi connectivity index (χ0) is 19.9. The first kappa shape index (κ1) is 19.9. The predicted octanol–water partition coefficient (Wildman–Crippen LogP) is 5.21. The van der Waals surface area contributed by atoms with E-state index in [9.17, 15) is 9.59 Å². The van der Waals surface area contributed by atoms with Crippen molar-refractivity contribution in [2.24, 2.45) is 0 Å². The summed E-state index contributed by atoms with van der Waals surface area (Å²) in [7, 11) is 0. The highest BCUT2D eigenvalue weighted by molar-refractivity contribution is 8.00. The van der Waals surface area contributed by atoms with Gasteiger partial charge in [0.05, 0.1) is 10.9 Å². The molecule has 0 radical (unpaired) electrons. The molecule has 1 atom stereocenters. The van der Waals surface area contributed by atoms with E-state index >= 15 is 0 Å². The van der Waals surface area contributed by atoms with Gasteiger partial charge in [-0.05, 0) is 50.2 Å². The van der Waals surface area contributed by atoms with Crippen molar-refractivity contribution in [3.63, 3.8) is 0 Å². The molecule has 6 nitrogen and oxygen atoms in total. The molecule has 0 fully saturated rings. The molecule has 3 rings (SSSR count). The second-order valence-corrected chi connectivity index (χ2v) is 8.29. The third-order valence-corrected chi connectivity index (χ3v) is 5.66. The molecule has 0 aliphatic rings. The Hall–Kier alpha value is -2.84. The van der Waals surface area contributed by atoms with Crippen LogP contribution >= 0.6 is 23.1 Å². The summed E-state index contributed by atoms with van der Waals surface area (Å²) in [6, 6.07) is 16.3. The number of nitrogens with one attached hydrogen (secondary N) is 3. The van der Waals surface area contributed by atoms with Gasteiger partial charge in [-0.1, -0.05) is 18.2 Å². The van der Waals surface area contributed by atoms with Crippen LogP contribution in [0.5, 0.6) is 0 Å². The number of aromatic nitrogens is 1. The normalized spacial score (nSPS) is 11.5. The van der Waals surface area contributed by atoms with Crippen LogP contribution in [0.3, 0.4) is 0 Å². The van der Waals surface area contributed by atoms with E-state index in [0.717, 1.165) is 16.3 Å². The molecule has 144 valence electrons. The van der Waals surface area contributed by atoms with Crippen LogP contribution in [0.2, 0.25) is 0 Å². The maximum absolute atomic E-state index is 12.3. The number of anilines is 3. The minimum Gasteiger partial charge on any atom is -0.308 e. The zero-order valence-electron chi connectivity index (χ0n) is 15.4. The maximum Gasteiger partial charge on any atom is 0.323 e. The first-order chi connectivity index (χ1) is 13.5. The van der Waals surface area contributed by atoms with E-state index in [0.29, 0.717) is 10.8 Å². The summed E-state index contributed by atoms with van der Waals surface area (Å²) in [5.41, 5.74) is 2.29. The standard InChI is InChI=1S/C20H20N4O2S2/c1-13-12-27-20(21-13)24-18(25)14(2)28-17-10-8-16(9-11-17)23-19(26)22-15-6-4-3-5-7-15/h3-12,14H,1-2H3,(H,21,24,25)(H2,22,23,26). The number of amides is 3. The number of rotatable bonds is 6. The fourth-order valence-corrected chi connectivity index (χ4v) is 3.87. The predicted molar refractivity (Wildman–Crippen MR) is 116 cm³/mol. The van der Waals surface area contributed by atoms with Crippen LogP contribution in [-0.4, -0.2) is 22.2 Å². The van der Waals surface area contributed by atoms with E-state index < -0.39 is 0 Å². The lowest BCUT2D eigenvalue weighted by atomic mass is 10.3. The Labute approximate surface area is 171 Å². The summed E-state index contributed by atoms with van der Waals surface area (Å²) < 4.78 is 0. The molecule has 2 aromatic carbocycles. The summed E-state index contributed by atoms with van der Waals surface area (Å²) in [5, 5.41) is 10.6. The van der Waals surface area contributed by atoms with Crippen LogP contribution in [0.4, 0.5) is 21.3 Å². The van der Waals surface area contributed by atoms with E-state index in [1.165, 1.54) is 23.1 Å². The van der Waals surface area contributed by atoms with Crippen molar-refractivity contribution in [3.8, 4) is 0 Å². The SMILES string of the molecule is Cc1csc(NC(=O)C(C)Sc2ccc(NC(=O)Nc3ccccc3)cc2)n1. The van der Waals surface area contributed by atoms with Crippen molar-refractivity contribution >= 4 is 51.5 Å². The minimum atomic E-state index is -0.307. The quantitative estimate of drug-likeness (QED) is 0.485. The van der Waals surface area contributed by atoms with Gasteiger partial charge in [-0.3, -0.25) is 4.79 Å². The lowest BCUT2D eigenvalue weighted by Crippen LogP contribution is -2.22. The summed E-state index contributed by atoms with van der Waals surface area (Å²) in [6.07, 6.45) is 0. The third kappa shape index (κ3) is 5.83. The number of thioether (sulfide) groups is 1.